The smallest absolute Gasteiger partial charge is 0.340 e. The standard InChI is InChI=1S/C23H22O4/c1-2-3-14-26-21(24)16-19-15-20(17-10-6-4-7-11-17)22(27-23(19)25)18-12-8-5-9-13-18/h4-13,15H,2-3,14,16H2,1H3. The third-order valence-corrected chi connectivity index (χ3v) is 4.24. The summed E-state index contributed by atoms with van der Waals surface area (Å²) >= 11 is 0. The van der Waals surface area contributed by atoms with Crippen molar-refractivity contribution in [3.8, 4) is 22.5 Å². The maximum absolute atomic E-state index is 12.5. The molecule has 2 aromatic carbocycles. The van der Waals surface area contributed by atoms with E-state index in [1.807, 2.05) is 67.6 Å². The molecule has 138 valence electrons. The SMILES string of the molecule is CCCCOC(=O)Cc1cc(-c2ccccc2)c(-c2ccccc2)oc1=O. The molecule has 0 saturated carbocycles. The molecule has 0 aliphatic heterocycles. The van der Waals surface area contributed by atoms with E-state index in [2.05, 4.69) is 0 Å². The molecule has 1 heterocycles. The Bertz CT molecular complexity index is 943. The zero-order chi connectivity index (χ0) is 19.1. The van der Waals surface area contributed by atoms with E-state index in [4.69, 9.17) is 9.15 Å². The predicted molar refractivity (Wildman–Crippen MR) is 105 cm³/mol. The third-order valence-electron chi connectivity index (χ3n) is 4.24. The van der Waals surface area contributed by atoms with E-state index in [0.717, 1.165) is 29.5 Å². The van der Waals surface area contributed by atoms with E-state index in [1.165, 1.54) is 0 Å². The number of esters is 1. The average molecular weight is 362 g/mol. The van der Waals surface area contributed by atoms with Crippen LogP contribution in [-0.4, -0.2) is 12.6 Å². The number of ether oxygens (including phenoxy) is 1. The van der Waals surface area contributed by atoms with Gasteiger partial charge >= 0.3 is 11.6 Å². The Morgan fingerprint density at radius 1 is 0.963 bits per heavy atom. The van der Waals surface area contributed by atoms with Crippen LogP contribution in [0.2, 0.25) is 0 Å². The first-order valence-electron chi connectivity index (χ1n) is 9.12. The molecule has 0 aliphatic carbocycles. The summed E-state index contributed by atoms with van der Waals surface area (Å²) in [7, 11) is 0. The summed E-state index contributed by atoms with van der Waals surface area (Å²) in [6.45, 7) is 2.39. The van der Waals surface area contributed by atoms with Crippen molar-refractivity contribution in [1.82, 2.24) is 0 Å². The summed E-state index contributed by atoms with van der Waals surface area (Å²) in [5.41, 5.74) is 2.29. The second kappa shape index (κ2) is 8.99. The minimum Gasteiger partial charge on any atom is -0.465 e. The van der Waals surface area contributed by atoms with Gasteiger partial charge in [0.15, 0.2) is 0 Å². The highest BCUT2D eigenvalue weighted by atomic mass is 16.5. The molecule has 1 aromatic heterocycles. The summed E-state index contributed by atoms with van der Waals surface area (Å²) in [5, 5.41) is 0. The minimum atomic E-state index is -0.513. The highest BCUT2D eigenvalue weighted by Crippen LogP contribution is 2.31. The number of unbranched alkanes of at least 4 members (excludes halogenated alkanes) is 1. The van der Waals surface area contributed by atoms with Gasteiger partial charge in [-0.1, -0.05) is 74.0 Å². The quantitative estimate of drug-likeness (QED) is 0.445. The van der Waals surface area contributed by atoms with E-state index >= 15 is 0 Å². The first-order chi connectivity index (χ1) is 13.2. The Morgan fingerprint density at radius 2 is 1.59 bits per heavy atom. The van der Waals surface area contributed by atoms with Gasteiger partial charge in [-0.2, -0.15) is 0 Å². The summed E-state index contributed by atoms with van der Waals surface area (Å²) in [6.07, 6.45) is 1.66. The third kappa shape index (κ3) is 4.73. The second-order valence-electron chi connectivity index (χ2n) is 6.28. The summed E-state index contributed by atoms with van der Waals surface area (Å²) in [6, 6.07) is 20.9. The van der Waals surface area contributed by atoms with Gasteiger partial charge in [0.05, 0.1) is 13.0 Å². The molecule has 0 unspecified atom stereocenters. The lowest BCUT2D eigenvalue weighted by Gasteiger charge is -2.11. The molecule has 3 rings (SSSR count). The van der Waals surface area contributed by atoms with E-state index in [1.54, 1.807) is 6.07 Å². The number of hydrogen-bond acceptors (Lipinski definition) is 4. The van der Waals surface area contributed by atoms with Crippen LogP contribution in [0.25, 0.3) is 22.5 Å². The molecule has 0 amide bonds. The largest absolute Gasteiger partial charge is 0.465 e. The Balaban J connectivity index is 2.00. The molecule has 0 atom stereocenters. The molecular formula is C23H22O4. The zero-order valence-electron chi connectivity index (χ0n) is 15.3. The average Bonchev–Trinajstić information content (AvgIpc) is 2.71. The van der Waals surface area contributed by atoms with Gasteiger partial charge in [0.1, 0.15) is 5.76 Å². The van der Waals surface area contributed by atoms with Crippen LogP contribution in [0.3, 0.4) is 0 Å². The summed E-state index contributed by atoms with van der Waals surface area (Å²) < 4.78 is 10.8. The number of hydrogen-bond donors (Lipinski definition) is 0. The van der Waals surface area contributed by atoms with Crippen molar-refractivity contribution in [2.45, 2.75) is 26.2 Å². The van der Waals surface area contributed by atoms with Gasteiger partial charge in [0.2, 0.25) is 0 Å². The van der Waals surface area contributed by atoms with Gasteiger partial charge in [-0.15, -0.1) is 0 Å². The highest BCUT2D eigenvalue weighted by Gasteiger charge is 2.17. The Kier molecular flexibility index (Phi) is 6.21. The lowest BCUT2D eigenvalue weighted by Crippen LogP contribution is -2.16. The van der Waals surface area contributed by atoms with Crippen LogP contribution in [0.1, 0.15) is 25.3 Å². The maximum Gasteiger partial charge on any atom is 0.340 e. The van der Waals surface area contributed by atoms with Gasteiger partial charge in [-0.3, -0.25) is 4.79 Å². The minimum absolute atomic E-state index is 0.0963. The van der Waals surface area contributed by atoms with Gasteiger partial charge in [-0.05, 0) is 18.1 Å². The monoisotopic (exact) mass is 362 g/mol. The molecule has 3 aromatic rings. The fourth-order valence-corrected chi connectivity index (χ4v) is 2.81. The maximum atomic E-state index is 12.5. The molecule has 0 N–H and O–H groups in total. The Hall–Kier alpha value is -3.14. The van der Waals surface area contributed by atoms with Crippen molar-refractivity contribution in [3.05, 3.63) is 82.7 Å². The number of carbonyl (C=O) groups is 1. The van der Waals surface area contributed by atoms with Crippen LogP contribution in [0.15, 0.2) is 75.9 Å². The van der Waals surface area contributed by atoms with Crippen molar-refractivity contribution >= 4 is 5.97 Å². The fraction of sp³-hybridized carbons (Fsp3) is 0.217. The molecule has 0 aliphatic rings. The summed E-state index contributed by atoms with van der Waals surface area (Å²) in [5.74, 6) is 0.0807. The van der Waals surface area contributed by atoms with Crippen LogP contribution in [0.4, 0.5) is 0 Å². The number of carbonyl (C=O) groups excluding carboxylic acids is 1. The number of benzene rings is 2. The molecule has 0 fully saturated rings. The second-order valence-corrected chi connectivity index (χ2v) is 6.28. The molecule has 0 saturated heterocycles. The van der Waals surface area contributed by atoms with Gasteiger partial charge in [-0.25, -0.2) is 4.79 Å². The molecule has 0 radical (unpaired) electrons. The topological polar surface area (TPSA) is 56.5 Å². The van der Waals surface area contributed by atoms with Gasteiger partial charge < -0.3 is 9.15 Å². The Labute approximate surface area is 158 Å². The van der Waals surface area contributed by atoms with E-state index < -0.39 is 11.6 Å². The molecule has 4 heteroatoms. The lowest BCUT2D eigenvalue weighted by molar-refractivity contribution is -0.142. The molecule has 4 nitrogen and oxygen atoms in total. The van der Waals surface area contributed by atoms with Crippen LogP contribution in [0.5, 0.6) is 0 Å². The first kappa shape index (κ1) is 18.6. The fourth-order valence-electron chi connectivity index (χ4n) is 2.81. The number of rotatable bonds is 7. The Morgan fingerprint density at radius 3 is 2.22 bits per heavy atom. The highest BCUT2D eigenvalue weighted by molar-refractivity contribution is 5.81. The van der Waals surface area contributed by atoms with Crippen molar-refractivity contribution < 1.29 is 13.9 Å². The zero-order valence-corrected chi connectivity index (χ0v) is 15.3. The van der Waals surface area contributed by atoms with Crippen molar-refractivity contribution in [2.75, 3.05) is 6.61 Å². The van der Waals surface area contributed by atoms with Crippen molar-refractivity contribution in [3.63, 3.8) is 0 Å². The molecular weight excluding hydrogens is 340 g/mol. The van der Waals surface area contributed by atoms with Crippen molar-refractivity contribution in [1.29, 1.82) is 0 Å². The van der Waals surface area contributed by atoms with Crippen molar-refractivity contribution in [2.24, 2.45) is 0 Å². The molecule has 0 spiro atoms. The van der Waals surface area contributed by atoms with Gasteiger partial charge in [0.25, 0.3) is 0 Å². The van der Waals surface area contributed by atoms with Crippen LogP contribution >= 0.6 is 0 Å². The predicted octanol–water partition coefficient (Wildman–Crippen LogP) is 4.86. The van der Waals surface area contributed by atoms with Crippen LogP contribution < -0.4 is 5.63 Å². The molecule has 27 heavy (non-hydrogen) atoms. The normalized spacial score (nSPS) is 10.6. The molecule has 0 bridgehead atoms. The summed E-state index contributed by atoms with van der Waals surface area (Å²) in [4.78, 5) is 24.5. The van der Waals surface area contributed by atoms with Crippen LogP contribution in [-0.2, 0) is 16.0 Å². The van der Waals surface area contributed by atoms with Gasteiger partial charge in [0, 0.05) is 16.7 Å². The van der Waals surface area contributed by atoms with Crippen LogP contribution in [0, 0.1) is 0 Å². The first-order valence-corrected chi connectivity index (χ1v) is 9.12. The van der Waals surface area contributed by atoms with E-state index in [-0.39, 0.29) is 6.42 Å². The van der Waals surface area contributed by atoms with E-state index in [0.29, 0.717) is 17.9 Å². The lowest BCUT2D eigenvalue weighted by atomic mass is 9.98. The van der Waals surface area contributed by atoms with E-state index in [9.17, 15) is 9.59 Å².